The molecule has 2 aliphatic carbocycles. The van der Waals surface area contributed by atoms with E-state index in [2.05, 4.69) is 90.7 Å². The lowest BCUT2D eigenvalue weighted by molar-refractivity contribution is -0.120. The molecule has 2 aromatic carbocycles. The van der Waals surface area contributed by atoms with Gasteiger partial charge in [0, 0.05) is 42.7 Å². The van der Waals surface area contributed by atoms with Gasteiger partial charge in [0.2, 0.25) is 0 Å². The molecule has 0 N–H and O–H groups in total. The minimum absolute atomic E-state index is 0.0624. The number of carbonyl (C=O) groups is 2. The summed E-state index contributed by atoms with van der Waals surface area (Å²) in [5.74, 6) is 1.82. The number of benzene rings is 2. The molecule has 194 valence electrons. The Balaban J connectivity index is 1.56. The lowest BCUT2D eigenvalue weighted by Crippen LogP contribution is -2.37. The number of hydrogen-bond donors (Lipinski definition) is 0. The first kappa shape index (κ1) is 26.4. The Bertz CT molecular complexity index is 1290. The third kappa shape index (κ3) is 5.24. The van der Waals surface area contributed by atoms with E-state index >= 15 is 0 Å². The molecule has 6 heteroatoms. The first-order chi connectivity index (χ1) is 17.3. The fraction of sp³-hybridized carbons (Fsp3) is 0.419. The molecular weight excluding hydrogens is 596 g/mol. The molecule has 0 radical (unpaired) electrons. The number of allylic oxidation sites excluding steroid dienone is 4. The highest BCUT2D eigenvalue weighted by Crippen LogP contribution is 2.54. The zero-order valence-corrected chi connectivity index (χ0v) is 25.1. The smallest absolute Gasteiger partial charge is 0.163 e. The molecule has 3 aliphatic rings. The van der Waals surface area contributed by atoms with Gasteiger partial charge in [-0.2, -0.15) is 0 Å². The minimum Gasteiger partial charge on any atom is -0.487 e. The van der Waals surface area contributed by atoms with Gasteiger partial charge in [-0.25, -0.2) is 0 Å². The number of rotatable bonds is 4. The fourth-order valence-electron chi connectivity index (χ4n) is 5.73. The molecule has 0 atom stereocenters. The third-order valence-corrected chi connectivity index (χ3v) is 8.62. The standard InChI is InChI=1S/C31H32Br2O4/c1-17-6-8-18(9-7-17)16-36-29-20(32)10-19(11-21(29)33)26-27-22(34)12-30(2,3)14-24(27)37-25-15-31(4,5)13-23(35)28(25)26/h6-11,26H,12-16H2,1-5H3. The highest BCUT2D eigenvalue weighted by Gasteiger charge is 2.48. The third-order valence-electron chi connectivity index (χ3n) is 7.44. The molecule has 0 saturated heterocycles. The zero-order chi connectivity index (χ0) is 26.7. The van der Waals surface area contributed by atoms with E-state index in [0.29, 0.717) is 49.2 Å². The van der Waals surface area contributed by atoms with Gasteiger partial charge in [0.15, 0.2) is 11.6 Å². The van der Waals surface area contributed by atoms with Crippen molar-refractivity contribution in [3.05, 3.63) is 84.7 Å². The molecule has 0 unspecified atom stereocenters. The summed E-state index contributed by atoms with van der Waals surface area (Å²) in [6.07, 6.45) is 2.23. The lowest BCUT2D eigenvalue weighted by atomic mass is 9.65. The summed E-state index contributed by atoms with van der Waals surface area (Å²) in [4.78, 5) is 27.1. The van der Waals surface area contributed by atoms with Crippen LogP contribution < -0.4 is 4.74 Å². The van der Waals surface area contributed by atoms with Crippen molar-refractivity contribution in [2.45, 2.75) is 72.8 Å². The van der Waals surface area contributed by atoms with Crippen LogP contribution in [-0.4, -0.2) is 11.6 Å². The van der Waals surface area contributed by atoms with Crippen molar-refractivity contribution in [3.63, 3.8) is 0 Å². The molecule has 0 amide bonds. The predicted octanol–water partition coefficient (Wildman–Crippen LogP) is 8.50. The van der Waals surface area contributed by atoms with Crippen LogP contribution in [0.2, 0.25) is 0 Å². The van der Waals surface area contributed by atoms with Crippen molar-refractivity contribution in [3.8, 4) is 5.75 Å². The van der Waals surface area contributed by atoms with E-state index in [1.807, 2.05) is 12.1 Å². The summed E-state index contributed by atoms with van der Waals surface area (Å²) >= 11 is 7.41. The fourth-order valence-corrected chi connectivity index (χ4v) is 7.18. The molecular formula is C31H32Br2O4. The van der Waals surface area contributed by atoms with Gasteiger partial charge in [-0.15, -0.1) is 0 Å². The molecule has 0 spiro atoms. The van der Waals surface area contributed by atoms with E-state index in [1.165, 1.54) is 5.56 Å². The summed E-state index contributed by atoms with van der Waals surface area (Å²) in [6, 6.07) is 12.2. The van der Waals surface area contributed by atoms with Gasteiger partial charge in [0.25, 0.3) is 0 Å². The number of halogens is 2. The van der Waals surface area contributed by atoms with Gasteiger partial charge in [-0.3, -0.25) is 9.59 Å². The van der Waals surface area contributed by atoms with Crippen LogP contribution >= 0.6 is 31.9 Å². The Morgan fingerprint density at radius 2 is 1.32 bits per heavy atom. The van der Waals surface area contributed by atoms with Crippen LogP contribution in [0.15, 0.2) is 68.0 Å². The number of ether oxygens (including phenoxy) is 2. The van der Waals surface area contributed by atoms with Crippen molar-refractivity contribution >= 4 is 43.4 Å². The summed E-state index contributed by atoms with van der Waals surface area (Å²) in [6.45, 7) is 10.9. The molecule has 0 bridgehead atoms. The highest BCUT2D eigenvalue weighted by molar-refractivity contribution is 9.11. The van der Waals surface area contributed by atoms with Crippen LogP contribution in [0.4, 0.5) is 0 Å². The molecule has 1 aliphatic heterocycles. The van der Waals surface area contributed by atoms with Gasteiger partial charge in [-0.05, 0) is 72.9 Å². The van der Waals surface area contributed by atoms with Crippen LogP contribution in [0.3, 0.4) is 0 Å². The Kier molecular flexibility index (Phi) is 6.81. The van der Waals surface area contributed by atoms with E-state index in [9.17, 15) is 9.59 Å². The zero-order valence-electron chi connectivity index (χ0n) is 22.0. The van der Waals surface area contributed by atoms with Crippen LogP contribution in [0.1, 0.15) is 76.0 Å². The topological polar surface area (TPSA) is 52.6 Å². The maximum absolute atomic E-state index is 13.5. The average molecular weight is 628 g/mol. The molecule has 1 heterocycles. The van der Waals surface area contributed by atoms with E-state index < -0.39 is 5.92 Å². The summed E-state index contributed by atoms with van der Waals surface area (Å²) in [7, 11) is 0. The molecule has 0 fully saturated rings. The van der Waals surface area contributed by atoms with E-state index in [-0.39, 0.29) is 22.4 Å². The van der Waals surface area contributed by atoms with Crippen LogP contribution in [0, 0.1) is 17.8 Å². The van der Waals surface area contributed by atoms with E-state index in [1.54, 1.807) is 0 Å². The average Bonchev–Trinajstić information content (AvgIpc) is 2.76. The van der Waals surface area contributed by atoms with Gasteiger partial charge < -0.3 is 9.47 Å². The van der Waals surface area contributed by atoms with Gasteiger partial charge in [-0.1, -0.05) is 57.5 Å². The largest absolute Gasteiger partial charge is 0.487 e. The van der Waals surface area contributed by atoms with Crippen LogP contribution in [0.25, 0.3) is 0 Å². The maximum Gasteiger partial charge on any atom is 0.163 e. The second-order valence-electron chi connectivity index (χ2n) is 12.2. The molecule has 4 nitrogen and oxygen atoms in total. The Labute approximate surface area is 235 Å². The van der Waals surface area contributed by atoms with Crippen molar-refractivity contribution in [2.75, 3.05) is 0 Å². The lowest BCUT2D eigenvalue weighted by Gasteiger charge is -2.42. The van der Waals surface area contributed by atoms with E-state index in [0.717, 1.165) is 31.6 Å². The summed E-state index contributed by atoms with van der Waals surface area (Å²) < 4.78 is 14.1. The van der Waals surface area contributed by atoms with Gasteiger partial charge >= 0.3 is 0 Å². The Morgan fingerprint density at radius 1 is 0.838 bits per heavy atom. The molecule has 37 heavy (non-hydrogen) atoms. The molecule has 2 aromatic rings. The normalized spacial score (nSPS) is 20.9. The quantitative estimate of drug-likeness (QED) is 0.341. The highest BCUT2D eigenvalue weighted by atomic mass is 79.9. The summed E-state index contributed by atoms with van der Waals surface area (Å²) in [5, 5.41) is 0. The van der Waals surface area contributed by atoms with Gasteiger partial charge in [0.05, 0.1) is 8.95 Å². The van der Waals surface area contributed by atoms with Crippen molar-refractivity contribution in [1.82, 2.24) is 0 Å². The molecule has 0 saturated carbocycles. The number of ketones is 2. The Morgan fingerprint density at radius 3 is 1.81 bits per heavy atom. The second-order valence-corrected chi connectivity index (χ2v) is 13.9. The SMILES string of the molecule is Cc1ccc(COc2c(Br)cc(C3C4=C(CC(C)(C)CC4=O)OC4=C3C(=O)CC(C)(C)C4)cc2Br)cc1. The number of Topliss-reactive ketones (excluding diaryl/α,β-unsaturated/α-hetero) is 2. The maximum atomic E-state index is 13.5. The Hall–Kier alpha value is -2.18. The number of hydrogen-bond acceptors (Lipinski definition) is 4. The minimum atomic E-state index is -0.440. The summed E-state index contributed by atoms with van der Waals surface area (Å²) in [5.41, 5.74) is 4.08. The number of aryl methyl sites for hydroxylation is 1. The molecule has 5 rings (SSSR count). The molecule has 0 aromatic heterocycles. The van der Waals surface area contributed by atoms with Gasteiger partial charge in [0.1, 0.15) is 23.9 Å². The van der Waals surface area contributed by atoms with Crippen LogP contribution in [0.5, 0.6) is 5.75 Å². The van der Waals surface area contributed by atoms with Crippen molar-refractivity contribution in [2.24, 2.45) is 10.8 Å². The monoisotopic (exact) mass is 626 g/mol. The number of carbonyl (C=O) groups excluding carboxylic acids is 2. The van der Waals surface area contributed by atoms with E-state index in [4.69, 9.17) is 9.47 Å². The van der Waals surface area contributed by atoms with Crippen molar-refractivity contribution in [1.29, 1.82) is 0 Å². The first-order valence-electron chi connectivity index (χ1n) is 12.7. The predicted molar refractivity (Wildman–Crippen MR) is 151 cm³/mol. The van der Waals surface area contributed by atoms with Crippen molar-refractivity contribution < 1.29 is 19.1 Å². The van der Waals surface area contributed by atoms with Crippen LogP contribution in [-0.2, 0) is 20.9 Å². The second kappa shape index (κ2) is 9.53. The first-order valence-corrected chi connectivity index (χ1v) is 14.3.